The van der Waals surface area contributed by atoms with Crippen molar-refractivity contribution in [2.75, 3.05) is 0 Å². The molecule has 2 aromatic rings. The van der Waals surface area contributed by atoms with Gasteiger partial charge >= 0.3 is 0 Å². The van der Waals surface area contributed by atoms with Crippen molar-refractivity contribution in [1.82, 2.24) is 19.8 Å². The number of nitrogens with one attached hydrogen (secondary N) is 1. The molecule has 2 fully saturated rings. The molecule has 26 heavy (non-hydrogen) atoms. The van der Waals surface area contributed by atoms with E-state index < -0.39 is 0 Å². The van der Waals surface area contributed by atoms with E-state index in [-0.39, 0.29) is 12.1 Å². The number of nitrogens with zero attached hydrogens (tertiary/aromatic N) is 3. The Kier molecular flexibility index (Phi) is 4.98. The minimum atomic E-state index is 0.0954. The molecule has 1 saturated heterocycles. The second kappa shape index (κ2) is 7.39. The summed E-state index contributed by atoms with van der Waals surface area (Å²) in [7, 11) is 0. The Labute approximate surface area is 161 Å². The lowest BCUT2D eigenvalue weighted by atomic mass is 9.91. The molecule has 0 aromatic carbocycles. The molecular formula is C21H28N4S. The SMILES string of the molecule is CC(C)n1cccc1[C@@H]1[C@H](c2ccccn2)NC(=S)N1C1CCCCC1. The fourth-order valence-corrected chi connectivity index (χ4v) is 4.95. The number of pyridine rings is 1. The number of rotatable bonds is 4. The van der Waals surface area contributed by atoms with E-state index in [4.69, 9.17) is 12.2 Å². The Morgan fingerprint density at radius 1 is 1.12 bits per heavy atom. The molecule has 2 aromatic heterocycles. The van der Waals surface area contributed by atoms with Crippen LogP contribution in [-0.4, -0.2) is 25.6 Å². The van der Waals surface area contributed by atoms with Gasteiger partial charge in [0, 0.05) is 30.2 Å². The van der Waals surface area contributed by atoms with Gasteiger partial charge in [-0.3, -0.25) is 4.98 Å². The monoisotopic (exact) mass is 368 g/mol. The van der Waals surface area contributed by atoms with Crippen molar-refractivity contribution in [3.05, 3.63) is 54.1 Å². The quantitative estimate of drug-likeness (QED) is 0.788. The summed E-state index contributed by atoms with van der Waals surface area (Å²) in [6, 6.07) is 11.8. The minimum Gasteiger partial charge on any atom is -0.352 e. The molecule has 2 atom stereocenters. The van der Waals surface area contributed by atoms with E-state index in [1.54, 1.807) is 0 Å². The van der Waals surface area contributed by atoms with Crippen molar-refractivity contribution in [2.24, 2.45) is 0 Å². The predicted octanol–water partition coefficient (Wildman–Crippen LogP) is 4.77. The summed E-state index contributed by atoms with van der Waals surface area (Å²) in [4.78, 5) is 7.14. The molecule has 0 bridgehead atoms. The Morgan fingerprint density at radius 3 is 2.62 bits per heavy atom. The lowest BCUT2D eigenvalue weighted by Gasteiger charge is -2.37. The highest BCUT2D eigenvalue weighted by Crippen LogP contribution is 2.42. The van der Waals surface area contributed by atoms with E-state index in [1.165, 1.54) is 37.8 Å². The topological polar surface area (TPSA) is 33.1 Å². The summed E-state index contributed by atoms with van der Waals surface area (Å²) in [6.45, 7) is 4.48. The van der Waals surface area contributed by atoms with E-state index in [2.05, 4.69) is 64.1 Å². The van der Waals surface area contributed by atoms with Gasteiger partial charge in [-0.25, -0.2) is 0 Å². The summed E-state index contributed by atoms with van der Waals surface area (Å²) < 4.78 is 2.38. The van der Waals surface area contributed by atoms with Crippen LogP contribution in [-0.2, 0) is 0 Å². The van der Waals surface area contributed by atoms with Crippen molar-refractivity contribution in [3.63, 3.8) is 0 Å². The van der Waals surface area contributed by atoms with Crippen molar-refractivity contribution in [3.8, 4) is 0 Å². The molecule has 0 amide bonds. The zero-order chi connectivity index (χ0) is 18.1. The van der Waals surface area contributed by atoms with Crippen LogP contribution in [0.2, 0.25) is 0 Å². The summed E-state index contributed by atoms with van der Waals surface area (Å²) >= 11 is 5.84. The highest BCUT2D eigenvalue weighted by Gasteiger charge is 2.44. The van der Waals surface area contributed by atoms with Crippen molar-refractivity contribution >= 4 is 17.3 Å². The van der Waals surface area contributed by atoms with Gasteiger partial charge in [-0.1, -0.05) is 25.3 Å². The summed E-state index contributed by atoms with van der Waals surface area (Å²) in [5.74, 6) is 0. The van der Waals surface area contributed by atoms with Crippen LogP contribution in [0.15, 0.2) is 42.7 Å². The Hall–Kier alpha value is -1.88. The van der Waals surface area contributed by atoms with Crippen molar-refractivity contribution in [2.45, 2.75) is 70.1 Å². The maximum absolute atomic E-state index is 5.84. The molecule has 1 saturated carbocycles. The van der Waals surface area contributed by atoms with Crippen LogP contribution in [0.25, 0.3) is 0 Å². The van der Waals surface area contributed by atoms with Crippen LogP contribution in [0.4, 0.5) is 0 Å². The van der Waals surface area contributed by atoms with Crippen LogP contribution in [0.1, 0.15) is 75.5 Å². The van der Waals surface area contributed by atoms with Crippen LogP contribution in [0.5, 0.6) is 0 Å². The first-order chi connectivity index (χ1) is 12.7. The smallest absolute Gasteiger partial charge is 0.170 e. The molecule has 1 aliphatic carbocycles. The molecule has 4 rings (SSSR count). The van der Waals surface area contributed by atoms with Gasteiger partial charge in [0.05, 0.1) is 17.8 Å². The Morgan fingerprint density at radius 2 is 1.92 bits per heavy atom. The zero-order valence-electron chi connectivity index (χ0n) is 15.6. The molecule has 1 aliphatic heterocycles. The zero-order valence-corrected chi connectivity index (χ0v) is 16.5. The van der Waals surface area contributed by atoms with E-state index in [9.17, 15) is 0 Å². The number of aromatic nitrogens is 2. The van der Waals surface area contributed by atoms with E-state index in [1.807, 2.05) is 12.3 Å². The third-order valence-corrected chi connectivity index (χ3v) is 6.10. The Bertz CT molecular complexity index is 748. The number of hydrogen-bond donors (Lipinski definition) is 1. The number of thiocarbonyl (C=S) groups is 1. The average Bonchev–Trinajstić information content (AvgIpc) is 3.27. The van der Waals surface area contributed by atoms with E-state index in [0.717, 1.165) is 10.8 Å². The van der Waals surface area contributed by atoms with Crippen LogP contribution in [0.3, 0.4) is 0 Å². The van der Waals surface area contributed by atoms with Gasteiger partial charge < -0.3 is 14.8 Å². The third-order valence-electron chi connectivity index (χ3n) is 5.77. The molecule has 3 heterocycles. The molecule has 138 valence electrons. The molecule has 0 unspecified atom stereocenters. The second-order valence-electron chi connectivity index (χ2n) is 7.76. The molecule has 0 radical (unpaired) electrons. The fraction of sp³-hybridized carbons (Fsp3) is 0.524. The van der Waals surface area contributed by atoms with E-state index >= 15 is 0 Å². The highest BCUT2D eigenvalue weighted by molar-refractivity contribution is 7.80. The van der Waals surface area contributed by atoms with Gasteiger partial charge in [0.2, 0.25) is 0 Å². The molecular weight excluding hydrogens is 340 g/mol. The number of hydrogen-bond acceptors (Lipinski definition) is 2. The molecule has 0 spiro atoms. The molecule has 1 N–H and O–H groups in total. The average molecular weight is 369 g/mol. The van der Waals surface area contributed by atoms with Gasteiger partial charge in [-0.15, -0.1) is 0 Å². The first kappa shape index (κ1) is 17.5. The van der Waals surface area contributed by atoms with Crippen LogP contribution >= 0.6 is 12.2 Å². The lowest BCUT2D eigenvalue weighted by molar-refractivity contribution is 0.190. The van der Waals surface area contributed by atoms with Gasteiger partial charge in [0.15, 0.2) is 5.11 Å². The van der Waals surface area contributed by atoms with Gasteiger partial charge in [0.1, 0.15) is 0 Å². The lowest BCUT2D eigenvalue weighted by Crippen LogP contribution is -2.41. The second-order valence-corrected chi connectivity index (χ2v) is 8.15. The largest absolute Gasteiger partial charge is 0.352 e. The van der Waals surface area contributed by atoms with Gasteiger partial charge in [0.25, 0.3) is 0 Å². The van der Waals surface area contributed by atoms with Crippen molar-refractivity contribution < 1.29 is 0 Å². The van der Waals surface area contributed by atoms with Gasteiger partial charge in [-0.2, -0.15) is 0 Å². The fourth-order valence-electron chi connectivity index (χ4n) is 4.56. The third kappa shape index (κ3) is 3.13. The summed E-state index contributed by atoms with van der Waals surface area (Å²) in [5, 5.41) is 4.49. The van der Waals surface area contributed by atoms with Crippen LogP contribution in [0, 0.1) is 0 Å². The maximum Gasteiger partial charge on any atom is 0.170 e. The first-order valence-electron chi connectivity index (χ1n) is 9.83. The maximum atomic E-state index is 5.84. The molecule has 5 heteroatoms. The molecule has 4 nitrogen and oxygen atoms in total. The first-order valence-corrected chi connectivity index (χ1v) is 10.2. The normalized spacial score (nSPS) is 24.3. The van der Waals surface area contributed by atoms with Crippen molar-refractivity contribution in [1.29, 1.82) is 0 Å². The summed E-state index contributed by atoms with van der Waals surface area (Å²) in [5.41, 5.74) is 2.39. The standard InChI is InChI=1S/C21H28N4S/c1-15(2)24-14-8-12-18(24)20-19(17-11-6-7-13-22-17)23-21(26)25(20)16-9-4-3-5-10-16/h6-8,11-16,19-20H,3-5,9-10H2,1-2H3,(H,23,26)/t19-,20+/m0/s1. The van der Waals surface area contributed by atoms with Crippen LogP contribution < -0.4 is 5.32 Å². The highest BCUT2D eigenvalue weighted by atomic mass is 32.1. The predicted molar refractivity (Wildman–Crippen MR) is 109 cm³/mol. The van der Waals surface area contributed by atoms with E-state index in [0.29, 0.717) is 12.1 Å². The van der Waals surface area contributed by atoms with Gasteiger partial charge in [-0.05, 0) is 63.2 Å². The molecule has 2 aliphatic rings. The summed E-state index contributed by atoms with van der Waals surface area (Å²) in [6.07, 6.45) is 10.5. The minimum absolute atomic E-state index is 0.0954. The Balaban J connectivity index is 1.77.